The molecule has 1 aliphatic rings. The molecular weight excluding hydrogens is 188 g/mol. The maximum atomic E-state index is 11.1. The van der Waals surface area contributed by atoms with E-state index >= 15 is 0 Å². The highest BCUT2D eigenvalue weighted by Crippen LogP contribution is 2.38. The lowest BCUT2D eigenvalue weighted by molar-refractivity contribution is -0.150. The van der Waals surface area contributed by atoms with Crippen molar-refractivity contribution in [3.8, 4) is 0 Å². The van der Waals surface area contributed by atoms with E-state index in [4.69, 9.17) is 4.74 Å². The molecule has 0 amide bonds. The molecule has 1 radical (unpaired) electrons. The number of carbonyl (C=O) groups is 1. The van der Waals surface area contributed by atoms with Crippen LogP contribution in [0.1, 0.15) is 52.9 Å². The predicted octanol–water partition coefficient (Wildman–Crippen LogP) is 3.36. The minimum Gasteiger partial charge on any atom is -0.462 e. The summed E-state index contributed by atoms with van der Waals surface area (Å²) in [7, 11) is 0. The number of rotatable bonds is 2. The lowest BCUT2D eigenvalue weighted by Gasteiger charge is -2.36. The summed E-state index contributed by atoms with van der Waals surface area (Å²) in [5, 5.41) is 0. The van der Waals surface area contributed by atoms with E-state index in [1.807, 2.05) is 0 Å². The van der Waals surface area contributed by atoms with Gasteiger partial charge in [-0.05, 0) is 43.9 Å². The van der Waals surface area contributed by atoms with Crippen LogP contribution in [0, 0.1) is 18.3 Å². The second-order valence-electron chi connectivity index (χ2n) is 5.58. The molecule has 1 rings (SSSR count). The van der Waals surface area contributed by atoms with Crippen molar-refractivity contribution in [2.75, 3.05) is 0 Å². The third-order valence-corrected chi connectivity index (χ3v) is 3.40. The zero-order valence-electron chi connectivity index (χ0n) is 10.2. The summed E-state index contributed by atoms with van der Waals surface area (Å²) in [6.07, 6.45) is 4.80. The first-order chi connectivity index (χ1) is 6.93. The van der Waals surface area contributed by atoms with E-state index in [9.17, 15) is 4.79 Å². The summed E-state index contributed by atoms with van der Waals surface area (Å²) < 4.78 is 5.30. The average Bonchev–Trinajstić information content (AvgIpc) is 2.17. The molecule has 0 unspecified atom stereocenters. The average molecular weight is 211 g/mol. The summed E-state index contributed by atoms with van der Waals surface area (Å²) in [5.74, 6) is 0.612. The highest BCUT2D eigenvalue weighted by atomic mass is 16.5. The van der Waals surface area contributed by atoms with E-state index in [-0.39, 0.29) is 18.5 Å². The van der Waals surface area contributed by atoms with Crippen LogP contribution in [0.2, 0.25) is 0 Å². The first-order valence-electron chi connectivity index (χ1n) is 5.92. The molecule has 0 saturated heterocycles. The van der Waals surface area contributed by atoms with Crippen LogP contribution in [0.3, 0.4) is 0 Å². The molecule has 0 N–H and O–H groups in total. The van der Waals surface area contributed by atoms with E-state index in [0.29, 0.717) is 5.41 Å². The van der Waals surface area contributed by atoms with Crippen molar-refractivity contribution in [3.05, 3.63) is 6.92 Å². The van der Waals surface area contributed by atoms with E-state index in [1.54, 1.807) is 0 Å². The van der Waals surface area contributed by atoms with Crippen LogP contribution in [-0.4, -0.2) is 12.1 Å². The molecule has 15 heavy (non-hydrogen) atoms. The van der Waals surface area contributed by atoms with Crippen LogP contribution in [-0.2, 0) is 9.53 Å². The maximum Gasteiger partial charge on any atom is 0.306 e. The molecule has 1 saturated carbocycles. The molecule has 0 aromatic carbocycles. The summed E-state index contributed by atoms with van der Waals surface area (Å²) in [5.41, 5.74) is 0.390. The van der Waals surface area contributed by atoms with Crippen molar-refractivity contribution >= 4 is 5.97 Å². The van der Waals surface area contributed by atoms with Gasteiger partial charge in [0.25, 0.3) is 0 Å². The molecule has 2 heteroatoms. The van der Waals surface area contributed by atoms with Gasteiger partial charge in [0.05, 0.1) is 0 Å². The lowest BCUT2D eigenvalue weighted by Crippen LogP contribution is -2.30. The number of esters is 1. The van der Waals surface area contributed by atoms with Crippen molar-refractivity contribution in [1.82, 2.24) is 0 Å². The fourth-order valence-electron chi connectivity index (χ4n) is 2.29. The molecule has 0 spiro atoms. The van der Waals surface area contributed by atoms with Gasteiger partial charge in [-0.2, -0.15) is 0 Å². The van der Waals surface area contributed by atoms with Gasteiger partial charge in [0.15, 0.2) is 0 Å². The summed E-state index contributed by atoms with van der Waals surface area (Å²) >= 11 is 0. The van der Waals surface area contributed by atoms with Crippen LogP contribution >= 0.6 is 0 Å². The van der Waals surface area contributed by atoms with E-state index in [1.165, 1.54) is 12.8 Å². The number of carbonyl (C=O) groups excluding carboxylic acids is 1. The van der Waals surface area contributed by atoms with E-state index in [2.05, 4.69) is 27.7 Å². The molecule has 0 bridgehead atoms. The molecule has 1 fully saturated rings. The van der Waals surface area contributed by atoms with Crippen molar-refractivity contribution < 1.29 is 9.53 Å². The van der Waals surface area contributed by atoms with Crippen LogP contribution in [0.15, 0.2) is 0 Å². The Morgan fingerprint density at radius 1 is 1.27 bits per heavy atom. The topological polar surface area (TPSA) is 26.3 Å². The SMILES string of the molecule is [CH2]CC(=O)OC1CCC(C(C)(C)C)CC1. The molecular formula is C13H23O2. The van der Waals surface area contributed by atoms with E-state index < -0.39 is 0 Å². The maximum absolute atomic E-state index is 11.1. The molecule has 0 aliphatic heterocycles. The molecule has 0 heterocycles. The molecule has 0 aromatic rings. The van der Waals surface area contributed by atoms with E-state index in [0.717, 1.165) is 18.8 Å². The Hall–Kier alpha value is -0.530. The minimum atomic E-state index is -0.158. The first kappa shape index (κ1) is 12.5. The largest absolute Gasteiger partial charge is 0.462 e. The number of ether oxygens (including phenoxy) is 1. The Morgan fingerprint density at radius 3 is 2.20 bits per heavy atom. The van der Waals surface area contributed by atoms with Crippen LogP contribution < -0.4 is 0 Å². The Balaban J connectivity index is 2.33. The van der Waals surface area contributed by atoms with Crippen molar-refractivity contribution in [1.29, 1.82) is 0 Å². The van der Waals surface area contributed by atoms with Gasteiger partial charge in [-0.3, -0.25) is 4.79 Å². The normalized spacial score (nSPS) is 27.5. The molecule has 87 valence electrons. The van der Waals surface area contributed by atoms with Gasteiger partial charge in [0, 0.05) is 6.42 Å². The fourth-order valence-corrected chi connectivity index (χ4v) is 2.29. The lowest BCUT2D eigenvalue weighted by atomic mass is 9.72. The smallest absolute Gasteiger partial charge is 0.306 e. The van der Waals surface area contributed by atoms with Crippen LogP contribution in [0.5, 0.6) is 0 Å². The van der Waals surface area contributed by atoms with Gasteiger partial charge in [-0.15, -0.1) is 0 Å². The van der Waals surface area contributed by atoms with Gasteiger partial charge in [0.1, 0.15) is 6.10 Å². The van der Waals surface area contributed by atoms with Crippen LogP contribution in [0.25, 0.3) is 0 Å². The predicted molar refractivity (Wildman–Crippen MR) is 61.3 cm³/mol. The third-order valence-electron chi connectivity index (χ3n) is 3.40. The quantitative estimate of drug-likeness (QED) is 0.655. The Morgan fingerprint density at radius 2 is 1.80 bits per heavy atom. The molecule has 1 aliphatic carbocycles. The monoisotopic (exact) mass is 211 g/mol. The third kappa shape index (κ3) is 3.84. The van der Waals surface area contributed by atoms with Gasteiger partial charge in [-0.1, -0.05) is 20.8 Å². The van der Waals surface area contributed by atoms with Crippen molar-refractivity contribution in [3.63, 3.8) is 0 Å². The summed E-state index contributed by atoms with van der Waals surface area (Å²) in [4.78, 5) is 11.1. The summed E-state index contributed by atoms with van der Waals surface area (Å²) in [6.45, 7) is 10.4. The van der Waals surface area contributed by atoms with Crippen LogP contribution in [0.4, 0.5) is 0 Å². The minimum absolute atomic E-state index is 0.151. The fraction of sp³-hybridized carbons (Fsp3) is 0.846. The highest BCUT2D eigenvalue weighted by Gasteiger charge is 2.30. The second kappa shape index (κ2) is 5.00. The number of hydrogen-bond acceptors (Lipinski definition) is 2. The van der Waals surface area contributed by atoms with Gasteiger partial charge >= 0.3 is 5.97 Å². The molecule has 0 aromatic heterocycles. The number of hydrogen-bond donors (Lipinski definition) is 0. The Kier molecular flexibility index (Phi) is 4.18. The zero-order chi connectivity index (χ0) is 11.5. The summed E-state index contributed by atoms with van der Waals surface area (Å²) in [6, 6.07) is 0. The first-order valence-corrected chi connectivity index (χ1v) is 5.92. The Bertz CT molecular complexity index is 207. The Labute approximate surface area is 93.4 Å². The van der Waals surface area contributed by atoms with Crippen molar-refractivity contribution in [2.45, 2.75) is 59.0 Å². The highest BCUT2D eigenvalue weighted by molar-refractivity contribution is 5.70. The van der Waals surface area contributed by atoms with Gasteiger partial charge < -0.3 is 4.74 Å². The molecule has 0 atom stereocenters. The van der Waals surface area contributed by atoms with Crippen molar-refractivity contribution in [2.24, 2.45) is 11.3 Å². The standard InChI is InChI=1S/C13H23O2/c1-5-12(14)15-11-8-6-10(7-9-11)13(2,3)4/h10-11H,1,5-9H2,2-4H3. The zero-order valence-corrected chi connectivity index (χ0v) is 10.2. The van der Waals surface area contributed by atoms with Gasteiger partial charge in [-0.25, -0.2) is 0 Å². The molecule has 2 nitrogen and oxygen atoms in total. The second-order valence-corrected chi connectivity index (χ2v) is 5.58. The van der Waals surface area contributed by atoms with Gasteiger partial charge in [0.2, 0.25) is 0 Å².